The van der Waals surface area contributed by atoms with Crippen LogP contribution in [0.5, 0.6) is 0 Å². The van der Waals surface area contributed by atoms with Gasteiger partial charge in [-0.2, -0.15) is 0 Å². The summed E-state index contributed by atoms with van der Waals surface area (Å²) in [5.74, 6) is 1.73. The quantitative estimate of drug-likeness (QED) is 0.176. The van der Waals surface area contributed by atoms with Crippen LogP contribution in [0.4, 0.5) is 0 Å². The number of aromatic nitrogens is 4. The number of fused-ring (bicyclic) bond motifs is 15. The molecule has 10 aromatic carbocycles. The predicted molar refractivity (Wildman–Crippen MR) is 273 cm³/mol. The molecule has 0 aliphatic rings. The fraction of sp³-hybridized carbons (Fsp3) is 0. The normalized spacial score (nSPS) is 12.2. The molecule has 0 radical (unpaired) electrons. The molecule has 0 unspecified atom stereocenters. The predicted octanol–water partition coefficient (Wildman–Crippen LogP) is 16.4. The summed E-state index contributed by atoms with van der Waals surface area (Å²) in [6.45, 7) is 0. The first kappa shape index (κ1) is 35.8. The highest BCUT2D eigenvalue weighted by Crippen LogP contribution is 2.44. The summed E-state index contributed by atoms with van der Waals surface area (Å²) >= 11 is 1.80. The second-order valence-corrected chi connectivity index (χ2v) is 18.2. The molecule has 0 atom stereocenters. The number of benzene rings is 10. The van der Waals surface area contributed by atoms with Gasteiger partial charge >= 0.3 is 0 Å². The smallest absolute Gasteiger partial charge is 0.164 e. The van der Waals surface area contributed by atoms with Crippen molar-refractivity contribution in [2.24, 2.45) is 0 Å². The third-order valence-electron chi connectivity index (χ3n) is 13.4. The van der Waals surface area contributed by atoms with Gasteiger partial charge in [0.25, 0.3) is 0 Å². The van der Waals surface area contributed by atoms with Gasteiger partial charge in [0.05, 0.1) is 16.7 Å². The third kappa shape index (κ3) is 5.20. The second kappa shape index (κ2) is 13.4. The van der Waals surface area contributed by atoms with Crippen LogP contribution in [0.25, 0.3) is 147 Å². The zero-order valence-electron chi connectivity index (χ0n) is 35.0. The Bertz CT molecular complexity index is 4420. The summed E-state index contributed by atoms with van der Waals surface area (Å²) in [5, 5.41) is 13.4. The molecule has 5 heterocycles. The zero-order chi connectivity index (χ0) is 43.0. The Morgan fingerprint density at radius 1 is 0.333 bits per heavy atom. The van der Waals surface area contributed by atoms with E-state index in [2.05, 4.69) is 174 Å². The minimum Gasteiger partial charge on any atom is -0.456 e. The van der Waals surface area contributed by atoms with E-state index >= 15 is 0 Å². The first-order chi connectivity index (χ1) is 32.7. The first-order valence-corrected chi connectivity index (χ1v) is 22.9. The van der Waals surface area contributed by atoms with Crippen molar-refractivity contribution in [1.82, 2.24) is 19.5 Å². The number of para-hydroxylation sites is 2. The van der Waals surface area contributed by atoms with Gasteiger partial charge in [0, 0.05) is 74.6 Å². The van der Waals surface area contributed by atoms with E-state index < -0.39 is 0 Å². The molecule has 0 aliphatic carbocycles. The highest BCUT2D eigenvalue weighted by molar-refractivity contribution is 7.25. The summed E-state index contributed by atoms with van der Waals surface area (Å²) in [6.07, 6.45) is 0. The number of hydrogen-bond donors (Lipinski definition) is 0. The van der Waals surface area contributed by atoms with Crippen LogP contribution in [0, 0.1) is 0 Å². The van der Waals surface area contributed by atoms with Crippen LogP contribution in [-0.2, 0) is 0 Å². The summed E-state index contributed by atoms with van der Waals surface area (Å²) in [6, 6.07) is 68.6. The van der Waals surface area contributed by atoms with Gasteiger partial charge in [0.1, 0.15) is 16.7 Å². The van der Waals surface area contributed by atoms with Crippen molar-refractivity contribution in [3.8, 4) is 39.9 Å². The molecule has 0 spiro atoms. The van der Waals surface area contributed by atoms with Crippen LogP contribution in [-0.4, -0.2) is 19.5 Å². The van der Waals surface area contributed by atoms with Crippen LogP contribution in [0.1, 0.15) is 0 Å². The molecule has 5 aromatic heterocycles. The Kier molecular flexibility index (Phi) is 7.28. The van der Waals surface area contributed by atoms with Crippen LogP contribution in [0.2, 0.25) is 0 Å². The first-order valence-electron chi connectivity index (χ1n) is 22.1. The molecule has 15 rings (SSSR count). The number of furan rings is 2. The molecule has 306 valence electrons. The number of thiophene rings is 1. The lowest BCUT2D eigenvalue weighted by atomic mass is 10.0. The molecule has 0 N–H and O–H groups in total. The summed E-state index contributed by atoms with van der Waals surface area (Å²) in [7, 11) is 0. The Hall–Kier alpha value is -8.65. The molecule has 15 aromatic rings. The summed E-state index contributed by atoms with van der Waals surface area (Å²) < 4.78 is 18.2. The molecule has 0 fully saturated rings. The lowest BCUT2D eigenvalue weighted by Gasteiger charge is -2.13. The van der Waals surface area contributed by atoms with E-state index in [9.17, 15) is 0 Å². The standard InChI is InChI=1S/C59H32N4O2S/c1-2-13-35-31-49-44(27-34(35)12-1)40-15-5-8-18-48(40)63(49)50-32-38(30-47-43-24-21-33-11-3-4-14-39(33)55(43)65-56(47)50)59-61-57(36-22-25-52-45(28-36)41-16-6-9-19-51(41)64-52)60-58(62-59)37-23-26-54-46(29-37)42-17-7-10-20-53(42)66-54/h1-32H. The topological polar surface area (TPSA) is 69.9 Å². The molecule has 0 bridgehead atoms. The van der Waals surface area contributed by atoms with E-state index in [1.54, 1.807) is 11.3 Å². The highest BCUT2D eigenvalue weighted by Gasteiger charge is 2.23. The van der Waals surface area contributed by atoms with E-state index in [0.29, 0.717) is 17.5 Å². The summed E-state index contributed by atoms with van der Waals surface area (Å²) in [4.78, 5) is 16.1. The number of hydrogen-bond acceptors (Lipinski definition) is 6. The van der Waals surface area contributed by atoms with Crippen molar-refractivity contribution in [2.45, 2.75) is 0 Å². The average Bonchev–Trinajstić information content (AvgIpc) is 4.14. The molecular weight excluding hydrogens is 829 g/mol. The van der Waals surface area contributed by atoms with E-state index in [0.717, 1.165) is 88.1 Å². The van der Waals surface area contributed by atoms with Crippen molar-refractivity contribution in [1.29, 1.82) is 0 Å². The number of nitrogens with zero attached hydrogens (tertiary/aromatic N) is 4. The lowest BCUT2D eigenvalue weighted by molar-refractivity contribution is 0.669. The number of rotatable bonds is 4. The lowest BCUT2D eigenvalue weighted by Crippen LogP contribution is -2.01. The van der Waals surface area contributed by atoms with Gasteiger partial charge in [-0.25, -0.2) is 15.0 Å². The van der Waals surface area contributed by atoms with E-state index in [4.69, 9.17) is 23.8 Å². The minimum atomic E-state index is 0.562. The maximum absolute atomic E-state index is 7.14. The van der Waals surface area contributed by atoms with Gasteiger partial charge in [0.2, 0.25) is 0 Å². The Morgan fingerprint density at radius 2 is 0.955 bits per heavy atom. The van der Waals surface area contributed by atoms with E-state index in [1.165, 1.54) is 41.7 Å². The average molecular weight is 861 g/mol. The van der Waals surface area contributed by atoms with Gasteiger partial charge in [-0.1, -0.05) is 109 Å². The Balaban J connectivity index is 1.04. The van der Waals surface area contributed by atoms with Crippen LogP contribution >= 0.6 is 11.3 Å². The zero-order valence-corrected chi connectivity index (χ0v) is 35.8. The Morgan fingerprint density at radius 3 is 1.80 bits per heavy atom. The van der Waals surface area contributed by atoms with Crippen molar-refractivity contribution >= 4 is 119 Å². The second-order valence-electron chi connectivity index (χ2n) is 17.1. The maximum atomic E-state index is 7.14. The van der Waals surface area contributed by atoms with Gasteiger partial charge < -0.3 is 13.4 Å². The third-order valence-corrected chi connectivity index (χ3v) is 14.5. The van der Waals surface area contributed by atoms with E-state index in [1.807, 2.05) is 24.3 Å². The molecule has 0 saturated carbocycles. The molecule has 66 heavy (non-hydrogen) atoms. The van der Waals surface area contributed by atoms with Crippen molar-refractivity contribution < 1.29 is 8.83 Å². The largest absolute Gasteiger partial charge is 0.456 e. The SMILES string of the molecule is c1ccc2cc3c(cc2c1)c1ccccc1n3-c1cc(-c2nc(-c3ccc4oc5ccccc5c4c3)nc(-c3ccc4sc5ccccc5c4c3)n2)cc2c1oc1c3ccccc3ccc21. The van der Waals surface area contributed by atoms with Gasteiger partial charge in [-0.05, 0) is 101 Å². The van der Waals surface area contributed by atoms with Crippen LogP contribution in [0.3, 0.4) is 0 Å². The van der Waals surface area contributed by atoms with Crippen molar-refractivity contribution in [3.05, 3.63) is 194 Å². The van der Waals surface area contributed by atoms with Crippen molar-refractivity contribution in [2.75, 3.05) is 0 Å². The fourth-order valence-corrected chi connectivity index (χ4v) is 11.4. The molecule has 0 amide bonds. The van der Waals surface area contributed by atoms with Gasteiger partial charge in [-0.3, -0.25) is 0 Å². The summed E-state index contributed by atoms with van der Waals surface area (Å²) in [5.41, 5.74) is 9.03. The van der Waals surface area contributed by atoms with Gasteiger partial charge in [0.15, 0.2) is 23.1 Å². The monoisotopic (exact) mass is 860 g/mol. The Labute approximate surface area is 379 Å². The van der Waals surface area contributed by atoms with Gasteiger partial charge in [-0.15, -0.1) is 11.3 Å². The minimum absolute atomic E-state index is 0.562. The molecular formula is C59H32N4O2S. The van der Waals surface area contributed by atoms with Crippen molar-refractivity contribution in [3.63, 3.8) is 0 Å². The molecule has 0 saturated heterocycles. The molecule has 0 aliphatic heterocycles. The fourth-order valence-electron chi connectivity index (χ4n) is 10.3. The maximum Gasteiger partial charge on any atom is 0.164 e. The van der Waals surface area contributed by atoms with Crippen LogP contribution in [0.15, 0.2) is 203 Å². The van der Waals surface area contributed by atoms with E-state index in [-0.39, 0.29) is 0 Å². The molecule has 6 nitrogen and oxygen atoms in total. The highest BCUT2D eigenvalue weighted by atomic mass is 32.1. The molecule has 7 heteroatoms. The van der Waals surface area contributed by atoms with Crippen LogP contribution < -0.4 is 0 Å².